The van der Waals surface area contributed by atoms with Crippen molar-refractivity contribution in [3.8, 4) is 5.75 Å². The minimum absolute atomic E-state index is 0.199. The van der Waals surface area contributed by atoms with E-state index < -0.39 is 5.97 Å². The lowest BCUT2D eigenvalue weighted by Gasteiger charge is -2.06. The van der Waals surface area contributed by atoms with Crippen LogP contribution in [0.3, 0.4) is 0 Å². The van der Waals surface area contributed by atoms with E-state index >= 15 is 0 Å². The van der Waals surface area contributed by atoms with Crippen molar-refractivity contribution in [1.82, 2.24) is 9.78 Å². The van der Waals surface area contributed by atoms with Crippen LogP contribution in [0.2, 0.25) is 5.02 Å². The smallest absolute Gasteiger partial charge is 0.364 e. The monoisotopic (exact) mass is 251 g/mol. The summed E-state index contributed by atoms with van der Waals surface area (Å²) in [5.41, 5.74) is 6.08. The molecule has 0 fully saturated rings. The van der Waals surface area contributed by atoms with Crippen LogP contribution in [-0.4, -0.2) is 15.7 Å². The Morgan fingerprint density at radius 2 is 2.18 bits per heavy atom. The fraction of sp³-hybridized carbons (Fsp3) is 0.0909. The third kappa shape index (κ3) is 2.24. The fourth-order valence-electron chi connectivity index (χ4n) is 1.38. The highest BCUT2D eigenvalue weighted by Crippen LogP contribution is 2.24. The summed E-state index contributed by atoms with van der Waals surface area (Å²) < 4.78 is 6.50. The first kappa shape index (κ1) is 11.5. The molecule has 2 N–H and O–H groups in total. The van der Waals surface area contributed by atoms with Crippen molar-refractivity contribution in [3.63, 3.8) is 0 Å². The van der Waals surface area contributed by atoms with Crippen LogP contribution in [0.5, 0.6) is 5.75 Å². The van der Waals surface area contributed by atoms with Crippen molar-refractivity contribution in [2.24, 2.45) is 7.05 Å². The highest BCUT2D eigenvalue weighted by atomic mass is 35.5. The summed E-state index contributed by atoms with van der Waals surface area (Å²) >= 11 is 5.88. The molecule has 17 heavy (non-hydrogen) atoms. The van der Waals surface area contributed by atoms with Gasteiger partial charge in [-0.1, -0.05) is 23.7 Å². The summed E-state index contributed by atoms with van der Waals surface area (Å²) in [7, 11) is 1.61. The minimum atomic E-state index is -0.587. The van der Waals surface area contributed by atoms with E-state index in [9.17, 15) is 4.79 Å². The molecule has 6 heteroatoms. The van der Waals surface area contributed by atoms with Gasteiger partial charge in [-0.15, -0.1) is 0 Å². The molecule has 0 aliphatic heterocycles. The molecule has 1 heterocycles. The fourth-order valence-corrected chi connectivity index (χ4v) is 1.55. The molecule has 0 unspecified atom stereocenters. The van der Waals surface area contributed by atoms with E-state index in [1.54, 1.807) is 31.3 Å². The van der Waals surface area contributed by atoms with Crippen molar-refractivity contribution in [3.05, 3.63) is 41.2 Å². The van der Waals surface area contributed by atoms with E-state index in [4.69, 9.17) is 22.1 Å². The van der Waals surface area contributed by atoms with E-state index in [1.807, 2.05) is 0 Å². The van der Waals surface area contributed by atoms with E-state index in [2.05, 4.69) is 5.10 Å². The normalized spacial score (nSPS) is 10.2. The van der Waals surface area contributed by atoms with Gasteiger partial charge < -0.3 is 10.5 Å². The van der Waals surface area contributed by atoms with Gasteiger partial charge in [-0.3, -0.25) is 4.68 Å². The zero-order valence-electron chi connectivity index (χ0n) is 9.05. The van der Waals surface area contributed by atoms with Crippen LogP contribution in [-0.2, 0) is 7.05 Å². The lowest BCUT2D eigenvalue weighted by atomic mass is 10.3. The molecule has 0 amide bonds. The van der Waals surface area contributed by atoms with Crippen LogP contribution in [0, 0.1) is 0 Å². The highest BCUT2D eigenvalue weighted by Gasteiger charge is 2.18. The Morgan fingerprint density at radius 3 is 2.76 bits per heavy atom. The first-order chi connectivity index (χ1) is 8.09. The van der Waals surface area contributed by atoms with Crippen molar-refractivity contribution < 1.29 is 9.53 Å². The Labute approximate surface area is 103 Å². The number of carbonyl (C=O) groups is 1. The molecule has 0 bridgehead atoms. The molecule has 0 saturated carbocycles. The van der Waals surface area contributed by atoms with E-state index in [1.165, 1.54) is 10.9 Å². The summed E-state index contributed by atoms with van der Waals surface area (Å²) in [6.07, 6.45) is 1.39. The molecular formula is C11H10ClN3O2. The van der Waals surface area contributed by atoms with Crippen molar-refractivity contribution in [2.75, 3.05) is 5.73 Å². The maximum atomic E-state index is 11.8. The average molecular weight is 252 g/mol. The van der Waals surface area contributed by atoms with Gasteiger partial charge in [0.2, 0.25) is 0 Å². The topological polar surface area (TPSA) is 70.1 Å². The second-order valence-electron chi connectivity index (χ2n) is 3.39. The second-order valence-corrected chi connectivity index (χ2v) is 3.80. The van der Waals surface area contributed by atoms with Crippen LogP contribution < -0.4 is 10.5 Å². The number of hydrogen-bond donors (Lipinski definition) is 1. The Hall–Kier alpha value is -2.01. The molecule has 2 aromatic rings. The number of aryl methyl sites for hydroxylation is 1. The lowest BCUT2D eigenvalue weighted by Crippen LogP contribution is -2.15. The van der Waals surface area contributed by atoms with Gasteiger partial charge in [-0.05, 0) is 12.1 Å². The zero-order chi connectivity index (χ0) is 12.4. The molecule has 0 spiro atoms. The third-order valence-corrected chi connectivity index (χ3v) is 2.51. The van der Waals surface area contributed by atoms with Gasteiger partial charge in [0, 0.05) is 7.05 Å². The minimum Gasteiger partial charge on any atom is -0.420 e. The predicted octanol–water partition coefficient (Wildman–Crippen LogP) is 1.87. The standard InChI is InChI=1S/C11H10ClN3O2/c1-15-10(8(13)6-14-15)11(16)17-9-5-3-2-4-7(9)12/h2-6H,13H2,1H3. The molecule has 0 saturated heterocycles. The van der Waals surface area contributed by atoms with Crippen molar-refractivity contribution >= 4 is 23.3 Å². The van der Waals surface area contributed by atoms with E-state index in [-0.39, 0.29) is 11.4 Å². The summed E-state index contributed by atoms with van der Waals surface area (Å²) in [6.45, 7) is 0. The van der Waals surface area contributed by atoms with Gasteiger partial charge in [0.25, 0.3) is 0 Å². The van der Waals surface area contributed by atoms with E-state index in [0.29, 0.717) is 10.8 Å². The number of carbonyl (C=O) groups excluding carboxylic acids is 1. The number of esters is 1. The van der Waals surface area contributed by atoms with Crippen LogP contribution in [0.25, 0.3) is 0 Å². The average Bonchev–Trinajstić information content (AvgIpc) is 2.62. The number of rotatable bonds is 2. The Bertz CT molecular complexity index is 546. The quantitative estimate of drug-likeness (QED) is 0.653. The van der Waals surface area contributed by atoms with Gasteiger partial charge in [0.1, 0.15) is 5.75 Å². The summed E-state index contributed by atoms with van der Waals surface area (Å²) in [5.74, 6) is -0.296. The van der Waals surface area contributed by atoms with Crippen molar-refractivity contribution in [1.29, 1.82) is 0 Å². The molecule has 0 radical (unpaired) electrons. The number of ether oxygens (including phenoxy) is 1. The molecule has 1 aromatic carbocycles. The number of benzene rings is 1. The van der Waals surface area contributed by atoms with Gasteiger partial charge in [0.15, 0.2) is 5.69 Å². The van der Waals surface area contributed by atoms with Crippen LogP contribution in [0.4, 0.5) is 5.69 Å². The van der Waals surface area contributed by atoms with E-state index in [0.717, 1.165) is 0 Å². The highest BCUT2D eigenvalue weighted by molar-refractivity contribution is 6.32. The Morgan fingerprint density at radius 1 is 1.47 bits per heavy atom. The number of hydrogen-bond acceptors (Lipinski definition) is 4. The Kier molecular flexibility index (Phi) is 3.01. The summed E-state index contributed by atoms with van der Waals surface area (Å²) in [6, 6.07) is 6.71. The molecule has 2 rings (SSSR count). The predicted molar refractivity (Wildman–Crippen MR) is 64.0 cm³/mol. The van der Waals surface area contributed by atoms with Gasteiger partial charge >= 0.3 is 5.97 Å². The Balaban J connectivity index is 2.27. The molecule has 88 valence electrons. The molecule has 5 nitrogen and oxygen atoms in total. The lowest BCUT2D eigenvalue weighted by molar-refractivity contribution is 0.0724. The number of nitrogen functional groups attached to an aromatic ring is 1. The molecule has 0 aliphatic carbocycles. The third-order valence-electron chi connectivity index (χ3n) is 2.20. The maximum absolute atomic E-state index is 11.8. The number of nitrogens with zero attached hydrogens (tertiary/aromatic N) is 2. The van der Waals surface area contributed by atoms with Crippen LogP contribution in [0.1, 0.15) is 10.5 Å². The van der Waals surface area contributed by atoms with Crippen LogP contribution >= 0.6 is 11.6 Å². The maximum Gasteiger partial charge on any atom is 0.364 e. The SMILES string of the molecule is Cn1ncc(N)c1C(=O)Oc1ccccc1Cl. The van der Waals surface area contributed by atoms with Gasteiger partial charge in [0.05, 0.1) is 16.9 Å². The number of aromatic nitrogens is 2. The number of para-hydroxylation sites is 1. The second kappa shape index (κ2) is 4.47. The van der Waals surface area contributed by atoms with Crippen LogP contribution in [0.15, 0.2) is 30.5 Å². The summed E-state index contributed by atoms with van der Waals surface area (Å²) in [5, 5.41) is 4.22. The number of halogens is 1. The van der Waals surface area contributed by atoms with Crippen molar-refractivity contribution in [2.45, 2.75) is 0 Å². The summed E-state index contributed by atoms with van der Waals surface area (Å²) in [4.78, 5) is 11.8. The van der Waals surface area contributed by atoms with Gasteiger partial charge in [-0.2, -0.15) is 5.10 Å². The molecular weight excluding hydrogens is 242 g/mol. The largest absolute Gasteiger partial charge is 0.420 e. The number of nitrogens with two attached hydrogens (primary N) is 1. The zero-order valence-corrected chi connectivity index (χ0v) is 9.81. The molecule has 0 atom stereocenters. The molecule has 0 aliphatic rings. The first-order valence-corrected chi connectivity index (χ1v) is 5.21. The molecule has 1 aromatic heterocycles. The first-order valence-electron chi connectivity index (χ1n) is 4.84. The number of anilines is 1. The van der Waals surface area contributed by atoms with Gasteiger partial charge in [-0.25, -0.2) is 4.79 Å².